The average Bonchev–Trinajstić information content (AvgIpc) is 2.87. The first kappa shape index (κ1) is 25.4. The van der Waals surface area contributed by atoms with Crippen molar-refractivity contribution in [3.8, 4) is 0 Å². The van der Waals surface area contributed by atoms with E-state index in [4.69, 9.17) is 0 Å². The van der Waals surface area contributed by atoms with Crippen molar-refractivity contribution in [3.63, 3.8) is 0 Å². The zero-order valence-electron chi connectivity index (χ0n) is 21.7. The normalized spacial score (nSPS) is 12.3. The molecule has 38 heavy (non-hydrogen) atoms. The molecule has 1 aromatic heterocycles. The van der Waals surface area contributed by atoms with E-state index in [0.717, 1.165) is 28.1 Å². The molecular weight excluding hydrogens is 478 g/mol. The van der Waals surface area contributed by atoms with Crippen LogP contribution < -0.4 is 21.3 Å². The van der Waals surface area contributed by atoms with Crippen LogP contribution in [0.15, 0.2) is 64.4 Å². The number of H-pyrrole nitrogens is 1. The summed E-state index contributed by atoms with van der Waals surface area (Å²) in [6, 6.07) is 18.8. The number of carboxylic acid groups (broad SMARTS) is 1. The SMILES string of the molecule is C=c1nc2c(c(=O)[nH]1)=Nc1cc(C)c(C)cc1N2CCN(CCCC(=O)O)Cc1ccc2ccccc2c1. The van der Waals surface area contributed by atoms with Crippen LogP contribution in [0.25, 0.3) is 17.4 Å². The number of hydrogen-bond acceptors (Lipinski definition) is 6. The van der Waals surface area contributed by atoms with Crippen LogP contribution in [0, 0.1) is 13.8 Å². The van der Waals surface area contributed by atoms with Gasteiger partial charge in [-0.25, -0.2) is 9.98 Å². The topological polar surface area (TPSA) is 102 Å². The standard InChI is InChI=1S/C30H31N5O3/c1-19-15-25-26(16-20(19)2)35(29-28(33-25)30(38)32-21(3)31-29)14-13-34(12-6-9-27(36)37)18-22-10-11-23-7-4-5-8-24(23)17-22/h4-5,7-8,10-11,15-17H,3,6,9,12-14,18H2,1-2H3,(H,32,38)(H,36,37). The number of rotatable bonds is 9. The number of aromatic amines is 1. The van der Waals surface area contributed by atoms with Crippen molar-refractivity contribution in [2.24, 2.45) is 4.99 Å². The van der Waals surface area contributed by atoms with Gasteiger partial charge in [-0.3, -0.25) is 14.5 Å². The van der Waals surface area contributed by atoms with Gasteiger partial charge < -0.3 is 15.0 Å². The molecule has 4 aromatic rings. The van der Waals surface area contributed by atoms with Gasteiger partial charge in [-0.1, -0.05) is 43.0 Å². The molecule has 3 aromatic carbocycles. The Morgan fingerprint density at radius 3 is 2.61 bits per heavy atom. The third kappa shape index (κ3) is 5.35. The predicted octanol–water partition coefficient (Wildman–Crippen LogP) is 3.72. The third-order valence-electron chi connectivity index (χ3n) is 7.02. The first-order valence-electron chi connectivity index (χ1n) is 12.8. The summed E-state index contributed by atoms with van der Waals surface area (Å²) < 4.78 is 0. The molecule has 0 spiro atoms. The van der Waals surface area contributed by atoms with Gasteiger partial charge in [0, 0.05) is 26.1 Å². The smallest absolute Gasteiger partial charge is 0.303 e. The minimum absolute atomic E-state index is 0.114. The van der Waals surface area contributed by atoms with E-state index in [9.17, 15) is 14.7 Å². The lowest BCUT2D eigenvalue weighted by molar-refractivity contribution is -0.137. The summed E-state index contributed by atoms with van der Waals surface area (Å²) in [5.74, 6) is -0.306. The van der Waals surface area contributed by atoms with Crippen molar-refractivity contribution in [2.45, 2.75) is 33.2 Å². The molecule has 0 amide bonds. The van der Waals surface area contributed by atoms with Crippen LogP contribution in [0.2, 0.25) is 0 Å². The fourth-order valence-corrected chi connectivity index (χ4v) is 4.90. The summed E-state index contributed by atoms with van der Waals surface area (Å²) >= 11 is 0. The molecule has 0 fully saturated rings. The van der Waals surface area contributed by atoms with E-state index in [2.05, 4.69) is 69.8 Å². The van der Waals surface area contributed by atoms with Crippen molar-refractivity contribution in [1.29, 1.82) is 0 Å². The van der Waals surface area contributed by atoms with Gasteiger partial charge in [0.2, 0.25) is 0 Å². The van der Waals surface area contributed by atoms with E-state index in [1.165, 1.54) is 10.8 Å². The Morgan fingerprint density at radius 1 is 1.05 bits per heavy atom. The van der Waals surface area contributed by atoms with Crippen LogP contribution in [0.5, 0.6) is 0 Å². The fraction of sp³-hybridized carbons (Fsp3) is 0.267. The molecule has 2 N–H and O–H groups in total. The van der Waals surface area contributed by atoms with E-state index >= 15 is 0 Å². The number of benzene rings is 3. The zero-order chi connectivity index (χ0) is 26.8. The number of anilines is 2. The minimum Gasteiger partial charge on any atom is -0.481 e. The number of fused-ring (bicyclic) bond motifs is 3. The number of aryl methyl sites for hydroxylation is 2. The van der Waals surface area contributed by atoms with Crippen molar-refractivity contribution in [1.82, 2.24) is 14.9 Å². The molecule has 2 heterocycles. The summed E-state index contributed by atoms with van der Waals surface area (Å²) in [6.45, 7) is 10.4. The van der Waals surface area contributed by atoms with Gasteiger partial charge in [0.1, 0.15) is 5.48 Å². The molecule has 8 nitrogen and oxygen atoms in total. The molecule has 0 atom stereocenters. The maximum absolute atomic E-state index is 12.8. The number of aromatic nitrogens is 2. The molecule has 0 bridgehead atoms. The summed E-state index contributed by atoms with van der Waals surface area (Å²) in [6.07, 6.45) is 0.660. The summed E-state index contributed by atoms with van der Waals surface area (Å²) in [5, 5.41) is 11.8. The number of nitrogens with one attached hydrogen (secondary N) is 1. The number of hydrogen-bond donors (Lipinski definition) is 2. The quantitative estimate of drug-likeness (QED) is 0.357. The highest BCUT2D eigenvalue weighted by Gasteiger charge is 2.24. The van der Waals surface area contributed by atoms with Gasteiger partial charge in [-0.2, -0.15) is 0 Å². The Kier molecular flexibility index (Phi) is 7.07. The molecule has 194 valence electrons. The van der Waals surface area contributed by atoms with Crippen LogP contribution in [0.1, 0.15) is 29.5 Å². The van der Waals surface area contributed by atoms with Crippen molar-refractivity contribution >= 4 is 40.5 Å². The lowest BCUT2D eigenvalue weighted by atomic mass is 10.1. The molecule has 1 aliphatic heterocycles. The lowest BCUT2D eigenvalue weighted by Crippen LogP contribution is -2.44. The summed E-state index contributed by atoms with van der Waals surface area (Å²) in [5.41, 5.74) is 4.99. The Hall–Kier alpha value is -4.30. The molecule has 0 saturated heterocycles. The van der Waals surface area contributed by atoms with Crippen molar-refractivity contribution < 1.29 is 9.90 Å². The van der Waals surface area contributed by atoms with Gasteiger partial charge in [0.25, 0.3) is 5.56 Å². The van der Waals surface area contributed by atoms with Crippen molar-refractivity contribution in [2.75, 3.05) is 24.5 Å². The van der Waals surface area contributed by atoms with Crippen LogP contribution in [-0.4, -0.2) is 45.6 Å². The number of aliphatic carboxylic acids is 1. The molecule has 0 radical (unpaired) electrons. The third-order valence-corrected chi connectivity index (χ3v) is 7.02. The second-order valence-corrected chi connectivity index (χ2v) is 9.83. The Bertz CT molecular complexity index is 1690. The van der Waals surface area contributed by atoms with Gasteiger partial charge >= 0.3 is 5.97 Å². The fourth-order valence-electron chi connectivity index (χ4n) is 4.90. The van der Waals surface area contributed by atoms with E-state index < -0.39 is 5.97 Å². The van der Waals surface area contributed by atoms with Crippen LogP contribution in [0.4, 0.5) is 17.2 Å². The molecule has 1 aliphatic rings. The highest BCUT2D eigenvalue weighted by molar-refractivity contribution is 5.83. The lowest BCUT2D eigenvalue weighted by Gasteiger charge is -2.31. The molecule has 5 rings (SSSR count). The molecular formula is C30H31N5O3. The Morgan fingerprint density at radius 2 is 1.82 bits per heavy atom. The van der Waals surface area contributed by atoms with Gasteiger partial charge in [0.15, 0.2) is 11.2 Å². The highest BCUT2D eigenvalue weighted by atomic mass is 16.4. The second kappa shape index (κ2) is 10.6. The average molecular weight is 510 g/mol. The molecule has 0 aliphatic carbocycles. The largest absolute Gasteiger partial charge is 0.481 e. The minimum atomic E-state index is -0.798. The zero-order valence-corrected chi connectivity index (χ0v) is 21.7. The first-order chi connectivity index (χ1) is 18.3. The van der Waals surface area contributed by atoms with Gasteiger partial charge in [0.05, 0.1) is 11.4 Å². The Labute approximate surface area is 220 Å². The molecule has 0 unspecified atom stereocenters. The van der Waals surface area contributed by atoms with Gasteiger partial charge in [-0.15, -0.1) is 0 Å². The number of carbonyl (C=O) groups is 1. The summed E-state index contributed by atoms with van der Waals surface area (Å²) in [7, 11) is 0. The summed E-state index contributed by atoms with van der Waals surface area (Å²) in [4.78, 5) is 40.1. The molecule has 0 saturated carbocycles. The Balaban J connectivity index is 1.46. The van der Waals surface area contributed by atoms with E-state index in [1.807, 2.05) is 30.0 Å². The van der Waals surface area contributed by atoms with Crippen LogP contribution in [0.3, 0.4) is 0 Å². The predicted molar refractivity (Wildman–Crippen MR) is 150 cm³/mol. The van der Waals surface area contributed by atoms with Crippen molar-refractivity contribution in [3.05, 3.63) is 92.5 Å². The number of carboxylic acids is 1. The molecule has 8 heteroatoms. The number of nitrogens with zero attached hydrogens (tertiary/aromatic N) is 4. The van der Waals surface area contributed by atoms with Gasteiger partial charge in [-0.05, 0) is 72.5 Å². The van der Waals surface area contributed by atoms with E-state index in [1.54, 1.807) is 0 Å². The monoisotopic (exact) mass is 509 g/mol. The van der Waals surface area contributed by atoms with E-state index in [-0.39, 0.29) is 22.8 Å². The second-order valence-electron chi connectivity index (χ2n) is 9.83. The van der Waals surface area contributed by atoms with Crippen LogP contribution in [-0.2, 0) is 11.3 Å². The maximum Gasteiger partial charge on any atom is 0.303 e. The maximum atomic E-state index is 12.8. The van der Waals surface area contributed by atoms with E-state index in [0.29, 0.717) is 38.4 Å². The van der Waals surface area contributed by atoms with Crippen LogP contribution >= 0.6 is 0 Å². The highest BCUT2D eigenvalue weighted by Crippen LogP contribution is 2.36. The first-order valence-corrected chi connectivity index (χ1v) is 12.8.